The molecule has 3 aromatic rings. The molecule has 156 valence electrons. The van der Waals surface area contributed by atoms with Crippen LogP contribution in [0.1, 0.15) is 16.7 Å². The van der Waals surface area contributed by atoms with Crippen LogP contribution in [-0.4, -0.2) is 25.3 Å². The Morgan fingerprint density at radius 2 is 1.17 bits per heavy atom. The van der Waals surface area contributed by atoms with Crippen molar-refractivity contribution >= 4 is 5.97 Å². The van der Waals surface area contributed by atoms with Crippen LogP contribution in [0.4, 0.5) is 0 Å². The number of hydrogen-bond donors (Lipinski definition) is 1. The first-order chi connectivity index (χ1) is 14.6. The average molecular weight is 408 g/mol. The van der Waals surface area contributed by atoms with Gasteiger partial charge in [0.25, 0.3) is 0 Å². The number of benzene rings is 3. The van der Waals surface area contributed by atoms with Crippen molar-refractivity contribution in [2.45, 2.75) is 19.6 Å². The quantitative estimate of drug-likeness (QED) is 0.533. The molecule has 6 heteroatoms. The van der Waals surface area contributed by atoms with Gasteiger partial charge in [0, 0.05) is 0 Å². The van der Waals surface area contributed by atoms with Gasteiger partial charge in [-0.2, -0.15) is 0 Å². The Morgan fingerprint density at radius 1 is 0.700 bits per heavy atom. The Kier molecular flexibility index (Phi) is 7.16. The maximum Gasteiger partial charge on any atom is 0.307 e. The molecule has 0 amide bonds. The summed E-state index contributed by atoms with van der Waals surface area (Å²) in [5.74, 6) is 1.69. The summed E-state index contributed by atoms with van der Waals surface area (Å²) in [6, 6.07) is 20.3. The molecule has 0 radical (unpaired) electrons. The number of carbonyl (C=O) groups is 1. The maximum absolute atomic E-state index is 11.1. The van der Waals surface area contributed by atoms with Gasteiger partial charge < -0.3 is 24.1 Å². The highest BCUT2D eigenvalue weighted by Gasteiger charge is 2.10. The highest BCUT2D eigenvalue weighted by Crippen LogP contribution is 2.30. The van der Waals surface area contributed by atoms with E-state index in [0.717, 1.165) is 22.6 Å². The summed E-state index contributed by atoms with van der Waals surface area (Å²) >= 11 is 0. The number of aliphatic carboxylic acids is 1. The summed E-state index contributed by atoms with van der Waals surface area (Å²) in [5, 5.41) is 9.09. The first-order valence-corrected chi connectivity index (χ1v) is 9.43. The van der Waals surface area contributed by atoms with Gasteiger partial charge in [-0.1, -0.05) is 30.3 Å². The molecule has 0 unspecified atom stereocenters. The Balaban J connectivity index is 1.73. The topological polar surface area (TPSA) is 74.2 Å². The van der Waals surface area contributed by atoms with Crippen molar-refractivity contribution in [3.63, 3.8) is 0 Å². The van der Waals surface area contributed by atoms with Crippen LogP contribution >= 0.6 is 0 Å². The van der Waals surface area contributed by atoms with Gasteiger partial charge in [0.1, 0.15) is 24.7 Å². The first-order valence-electron chi connectivity index (χ1n) is 9.43. The van der Waals surface area contributed by atoms with E-state index in [1.807, 2.05) is 48.5 Å². The lowest BCUT2D eigenvalue weighted by atomic mass is 10.1. The predicted octanol–water partition coefficient (Wildman–Crippen LogP) is 4.49. The SMILES string of the molecule is COc1ccc(COc2ccc(CC(=O)O)cc2OCc2ccc(OC)cc2)cc1. The van der Waals surface area contributed by atoms with E-state index in [2.05, 4.69) is 0 Å². The maximum atomic E-state index is 11.1. The molecule has 0 spiro atoms. The van der Waals surface area contributed by atoms with Gasteiger partial charge in [-0.05, 0) is 53.1 Å². The summed E-state index contributed by atoms with van der Waals surface area (Å²) in [7, 11) is 3.24. The van der Waals surface area contributed by atoms with Gasteiger partial charge >= 0.3 is 5.97 Å². The van der Waals surface area contributed by atoms with E-state index >= 15 is 0 Å². The Labute approximate surface area is 175 Å². The minimum absolute atomic E-state index is 0.0857. The van der Waals surface area contributed by atoms with Gasteiger partial charge in [0.2, 0.25) is 0 Å². The summed E-state index contributed by atoms with van der Waals surface area (Å²) < 4.78 is 22.2. The molecule has 0 saturated heterocycles. The lowest BCUT2D eigenvalue weighted by Gasteiger charge is -2.14. The highest BCUT2D eigenvalue weighted by molar-refractivity contribution is 5.70. The summed E-state index contributed by atoms with van der Waals surface area (Å²) in [6.07, 6.45) is -0.0857. The molecule has 0 atom stereocenters. The van der Waals surface area contributed by atoms with Crippen molar-refractivity contribution < 1.29 is 28.8 Å². The zero-order valence-corrected chi connectivity index (χ0v) is 17.0. The van der Waals surface area contributed by atoms with E-state index in [1.165, 1.54) is 0 Å². The van der Waals surface area contributed by atoms with E-state index < -0.39 is 5.97 Å². The number of carboxylic acid groups (broad SMARTS) is 1. The van der Waals surface area contributed by atoms with Crippen molar-refractivity contribution in [3.8, 4) is 23.0 Å². The molecule has 0 aromatic heterocycles. The van der Waals surface area contributed by atoms with E-state index in [-0.39, 0.29) is 6.42 Å². The number of rotatable bonds is 10. The molecule has 0 fully saturated rings. The van der Waals surface area contributed by atoms with Crippen molar-refractivity contribution in [3.05, 3.63) is 83.4 Å². The van der Waals surface area contributed by atoms with Crippen LogP contribution in [0.2, 0.25) is 0 Å². The number of carboxylic acids is 1. The van der Waals surface area contributed by atoms with E-state index in [1.54, 1.807) is 32.4 Å². The minimum Gasteiger partial charge on any atom is -0.497 e. The molecule has 1 N–H and O–H groups in total. The van der Waals surface area contributed by atoms with E-state index in [0.29, 0.717) is 30.3 Å². The van der Waals surface area contributed by atoms with Gasteiger partial charge in [-0.3, -0.25) is 4.79 Å². The molecular formula is C24H24O6. The largest absolute Gasteiger partial charge is 0.497 e. The summed E-state index contributed by atoms with van der Waals surface area (Å²) in [6.45, 7) is 0.667. The predicted molar refractivity (Wildman–Crippen MR) is 112 cm³/mol. The molecule has 0 aliphatic heterocycles. The van der Waals surface area contributed by atoms with Crippen LogP contribution < -0.4 is 18.9 Å². The Bertz CT molecular complexity index is 964. The third kappa shape index (κ3) is 5.91. The minimum atomic E-state index is -0.900. The van der Waals surface area contributed by atoms with Gasteiger partial charge in [0.05, 0.1) is 20.6 Å². The van der Waals surface area contributed by atoms with Crippen LogP contribution in [0.25, 0.3) is 0 Å². The fraction of sp³-hybridized carbons (Fsp3) is 0.208. The van der Waals surface area contributed by atoms with Crippen molar-refractivity contribution in [1.82, 2.24) is 0 Å². The van der Waals surface area contributed by atoms with Gasteiger partial charge in [0.15, 0.2) is 11.5 Å². The molecule has 0 bridgehead atoms. The van der Waals surface area contributed by atoms with Crippen molar-refractivity contribution in [2.75, 3.05) is 14.2 Å². The average Bonchev–Trinajstić information content (AvgIpc) is 2.77. The molecule has 0 aliphatic carbocycles. The molecule has 0 saturated carbocycles. The Hall–Kier alpha value is -3.67. The van der Waals surface area contributed by atoms with Crippen LogP contribution in [-0.2, 0) is 24.4 Å². The smallest absolute Gasteiger partial charge is 0.307 e. The standard InChI is InChI=1S/C24H24O6/c1-27-20-8-3-17(4-9-20)15-29-22-12-7-19(14-24(25)26)13-23(22)30-16-18-5-10-21(28-2)11-6-18/h3-13H,14-16H2,1-2H3,(H,25,26). The fourth-order valence-corrected chi connectivity index (χ4v) is 2.83. The summed E-state index contributed by atoms with van der Waals surface area (Å²) in [4.78, 5) is 11.1. The highest BCUT2D eigenvalue weighted by atomic mass is 16.5. The van der Waals surface area contributed by atoms with Crippen LogP contribution in [0.15, 0.2) is 66.7 Å². The lowest BCUT2D eigenvalue weighted by Crippen LogP contribution is -2.04. The van der Waals surface area contributed by atoms with E-state index in [9.17, 15) is 4.79 Å². The molecular weight excluding hydrogens is 384 g/mol. The number of ether oxygens (including phenoxy) is 4. The van der Waals surface area contributed by atoms with Gasteiger partial charge in [-0.25, -0.2) is 0 Å². The molecule has 3 aromatic carbocycles. The van der Waals surface area contributed by atoms with Gasteiger partial charge in [-0.15, -0.1) is 0 Å². The zero-order valence-electron chi connectivity index (χ0n) is 17.0. The number of hydrogen-bond acceptors (Lipinski definition) is 5. The molecule has 0 heterocycles. The molecule has 6 nitrogen and oxygen atoms in total. The van der Waals surface area contributed by atoms with E-state index in [4.69, 9.17) is 24.1 Å². The van der Waals surface area contributed by atoms with Crippen molar-refractivity contribution in [2.24, 2.45) is 0 Å². The molecule has 3 rings (SSSR count). The van der Waals surface area contributed by atoms with Crippen LogP contribution in [0.5, 0.6) is 23.0 Å². The Morgan fingerprint density at radius 3 is 1.63 bits per heavy atom. The fourth-order valence-electron chi connectivity index (χ4n) is 2.83. The molecule has 0 aliphatic rings. The third-order valence-corrected chi connectivity index (χ3v) is 4.47. The second kappa shape index (κ2) is 10.2. The normalized spacial score (nSPS) is 10.3. The molecule has 30 heavy (non-hydrogen) atoms. The first kappa shape index (κ1) is 21.0. The zero-order chi connectivity index (χ0) is 21.3. The monoisotopic (exact) mass is 408 g/mol. The second-order valence-electron chi connectivity index (χ2n) is 6.63. The number of methoxy groups -OCH3 is 2. The summed E-state index contributed by atoms with van der Waals surface area (Å²) in [5.41, 5.74) is 2.58. The van der Waals surface area contributed by atoms with Crippen molar-refractivity contribution in [1.29, 1.82) is 0 Å². The lowest BCUT2D eigenvalue weighted by molar-refractivity contribution is -0.136. The van der Waals surface area contributed by atoms with Crippen LogP contribution in [0.3, 0.4) is 0 Å². The second-order valence-corrected chi connectivity index (χ2v) is 6.63. The van der Waals surface area contributed by atoms with Crippen LogP contribution in [0, 0.1) is 0 Å². The third-order valence-electron chi connectivity index (χ3n) is 4.47.